The van der Waals surface area contributed by atoms with Gasteiger partial charge in [0.15, 0.2) is 6.29 Å². The third-order valence-electron chi connectivity index (χ3n) is 3.03. The van der Waals surface area contributed by atoms with Crippen LogP contribution in [0, 0.1) is 11.3 Å². The van der Waals surface area contributed by atoms with Gasteiger partial charge in [0.1, 0.15) is 5.78 Å². The molecule has 3 nitrogen and oxygen atoms in total. The van der Waals surface area contributed by atoms with E-state index in [0.29, 0.717) is 6.42 Å². The molecule has 0 spiro atoms. The molecule has 3 heteroatoms. The number of rotatable bonds is 3. The maximum Gasteiger partial charge on any atom is 0.166 e. The molecule has 1 aliphatic rings. The molecule has 0 aromatic rings. The predicted molar refractivity (Wildman–Crippen MR) is 53.9 cm³/mol. The molecule has 1 rings (SSSR count). The van der Waals surface area contributed by atoms with Crippen molar-refractivity contribution in [1.29, 1.82) is 0 Å². The normalized spacial score (nSPS) is 26.9. The van der Waals surface area contributed by atoms with E-state index >= 15 is 0 Å². The van der Waals surface area contributed by atoms with Crippen molar-refractivity contribution in [2.45, 2.75) is 39.4 Å². The third-order valence-corrected chi connectivity index (χ3v) is 3.03. The molecule has 0 radical (unpaired) electrons. The third kappa shape index (κ3) is 2.55. The zero-order valence-electron chi connectivity index (χ0n) is 9.50. The highest BCUT2D eigenvalue weighted by Gasteiger charge is 2.38. The van der Waals surface area contributed by atoms with Gasteiger partial charge in [-0.3, -0.25) is 4.79 Å². The van der Waals surface area contributed by atoms with Crippen molar-refractivity contribution in [3.05, 3.63) is 0 Å². The Morgan fingerprint density at radius 3 is 2.43 bits per heavy atom. The lowest BCUT2D eigenvalue weighted by Gasteiger charge is -2.36. The molecule has 0 bridgehead atoms. The minimum absolute atomic E-state index is 0.0891. The van der Waals surface area contributed by atoms with Crippen molar-refractivity contribution in [2.24, 2.45) is 11.3 Å². The molecule has 1 unspecified atom stereocenters. The van der Waals surface area contributed by atoms with Crippen LogP contribution in [-0.4, -0.2) is 26.3 Å². The Kier molecular flexibility index (Phi) is 3.67. The second-order valence-corrected chi connectivity index (χ2v) is 4.78. The highest BCUT2D eigenvalue weighted by molar-refractivity contribution is 5.82. The van der Waals surface area contributed by atoms with Crippen LogP contribution in [0.1, 0.15) is 33.1 Å². The molecule has 0 saturated heterocycles. The van der Waals surface area contributed by atoms with Crippen molar-refractivity contribution in [3.63, 3.8) is 0 Å². The number of hydrogen-bond acceptors (Lipinski definition) is 3. The summed E-state index contributed by atoms with van der Waals surface area (Å²) in [5.74, 6) is 0.187. The molecule has 1 aliphatic carbocycles. The van der Waals surface area contributed by atoms with Crippen LogP contribution < -0.4 is 0 Å². The van der Waals surface area contributed by atoms with E-state index in [1.807, 2.05) is 0 Å². The Morgan fingerprint density at radius 2 is 1.93 bits per heavy atom. The van der Waals surface area contributed by atoms with Crippen molar-refractivity contribution in [3.8, 4) is 0 Å². The van der Waals surface area contributed by atoms with Crippen molar-refractivity contribution >= 4 is 5.78 Å². The first-order valence-electron chi connectivity index (χ1n) is 5.08. The second kappa shape index (κ2) is 4.41. The molecule has 1 saturated carbocycles. The van der Waals surface area contributed by atoms with Crippen molar-refractivity contribution < 1.29 is 14.3 Å². The quantitative estimate of drug-likeness (QED) is 0.654. The van der Waals surface area contributed by atoms with Crippen LogP contribution in [0.3, 0.4) is 0 Å². The molecule has 1 atom stereocenters. The Morgan fingerprint density at radius 1 is 1.36 bits per heavy atom. The van der Waals surface area contributed by atoms with E-state index in [1.54, 1.807) is 14.2 Å². The van der Waals surface area contributed by atoms with Crippen LogP contribution in [0.5, 0.6) is 0 Å². The van der Waals surface area contributed by atoms with Gasteiger partial charge in [0.25, 0.3) is 0 Å². The smallest absolute Gasteiger partial charge is 0.166 e. The van der Waals surface area contributed by atoms with Gasteiger partial charge in [0.2, 0.25) is 0 Å². The molecular weight excluding hydrogens is 180 g/mol. The SMILES string of the molecule is COC(OC)C1CC(C)(C)CCC1=O. The lowest BCUT2D eigenvalue weighted by molar-refractivity contribution is -0.166. The average Bonchev–Trinajstić information content (AvgIpc) is 2.13. The highest BCUT2D eigenvalue weighted by Crippen LogP contribution is 2.38. The van der Waals surface area contributed by atoms with E-state index in [-0.39, 0.29) is 23.4 Å². The van der Waals surface area contributed by atoms with Crippen LogP contribution in [0.25, 0.3) is 0 Å². The fourth-order valence-corrected chi connectivity index (χ4v) is 2.13. The molecular formula is C11H20O3. The van der Waals surface area contributed by atoms with Crippen molar-refractivity contribution in [1.82, 2.24) is 0 Å². The van der Waals surface area contributed by atoms with Gasteiger partial charge in [-0.05, 0) is 18.3 Å². The molecule has 0 heterocycles. The molecule has 0 N–H and O–H groups in total. The summed E-state index contributed by atoms with van der Waals surface area (Å²) in [6, 6.07) is 0. The summed E-state index contributed by atoms with van der Waals surface area (Å²) in [5, 5.41) is 0. The lowest BCUT2D eigenvalue weighted by atomic mass is 9.71. The fourth-order valence-electron chi connectivity index (χ4n) is 2.13. The van der Waals surface area contributed by atoms with Crippen molar-refractivity contribution in [2.75, 3.05) is 14.2 Å². The van der Waals surface area contributed by atoms with Crippen LogP contribution in [0.4, 0.5) is 0 Å². The summed E-state index contributed by atoms with van der Waals surface area (Å²) in [7, 11) is 3.17. The van der Waals surface area contributed by atoms with Crippen LogP contribution in [-0.2, 0) is 14.3 Å². The first kappa shape index (κ1) is 11.7. The van der Waals surface area contributed by atoms with Crippen LogP contribution in [0.2, 0.25) is 0 Å². The number of hydrogen-bond donors (Lipinski definition) is 0. The van der Waals surface area contributed by atoms with Gasteiger partial charge in [-0.2, -0.15) is 0 Å². The Bertz CT molecular complexity index is 207. The zero-order valence-corrected chi connectivity index (χ0v) is 9.50. The second-order valence-electron chi connectivity index (χ2n) is 4.78. The summed E-state index contributed by atoms with van der Waals surface area (Å²) in [6.07, 6.45) is 2.11. The maximum atomic E-state index is 11.7. The van der Waals surface area contributed by atoms with Crippen LogP contribution >= 0.6 is 0 Å². The van der Waals surface area contributed by atoms with E-state index in [4.69, 9.17) is 9.47 Å². The van der Waals surface area contributed by atoms with E-state index in [1.165, 1.54) is 0 Å². The van der Waals surface area contributed by atoms with Gasteiger partial charge in [-0.15, -0.1) is 0 Å². The average molecular weight is 200 g/mol. The Hall–Kier alpha value is -0.410. The number of ketones is 1. The first-order valence-corrected chi connectivity index (χ1v) is 5.08. The number of Topliss-reactive ketones (excluding diaryl/α,β-unsaturated/α-hetero) is 1. The molecule has 0 amide bonds. The number of methoxy groups -OCH3 is 2. The molecule has 0 aliphatic heterocycles. The molecule has 1 fully saturated rings. The summed E-state index contributed by atoms with van der Waals surface area (Å²) in [5.41, 5.74) is 0.230. The molecule has 14 heavy (non-hydrogen) atoms. The van der Waals surface area contributed by atoms with Gasteiger partial charge >= 0.3 is 0 Å². The number of carbonyl (C=O) groups is 1. The van der Waals surface area contributed by atoms with Gasteiger partial charge in [0.05, 0.1) is 5.92 Å². The Balaban J connectivity index is 2.69. The largest absolute Gasteiger partial charge is 0.355 e. The van der Waals surface area contributed by atoms with E-state index in [2.05, 4.69) is 13.8 Å². The monoisotopic (exact) mass is 200 g/mol. The predicted octanol–water partition coefficient (Wildman–Crippen LogP) is 2.00. The maximum absolute atomic E-state index is 11.7. The summed E-state index contributed by atoms with van der Waals surface area (Å²) in [4.78, 5) is 11.7. The van der Waals surface area contributed by atoms with Gasteiger partial charge in [-0.1, -0.05) is 13.8 Å². The van der Waals surface area contributed by atoms with Crippen LogP contribution in [0.15, 0.2) is 0 Å². The summed E-state index contributed by atoms with van der Waals surface area (Å²) >= 11 is 0. The van der Waals surface area contributed by atoms with E-state index in [9.17, 15) is 4.79 Å². The minimum Gasteiger partial charge on any atom is -0.355 e. The zero-order chi connectivity index (χ0) is 10.8. The fraction of sp³-hybridized carbons (Fsp3) is 0.909. The lowest BCUT2D eigenvalue weighted by Crippen LogP contribution is -2.39. The molecule has 0 aromatic heterocycles. The molecule has 82 valence electrons. The number of ether oxygens (including phenoxy) is 2. The number of carbonyl (C=O) groups excluding carboxylic acids is 1. The minimum atomic E-state index is -0.373. The van der Waals surface area contributed by atoms with E-state index < -0.39 is 0 Å². The van der Waals surface area contributed by atoms with Gasteiger partial charge in [0, 0.05) is 20.6 Å². The highest BCUT2D eigenvalue weighted by atomic mass is 16.7. The summed E-state index contributed by atoms with van der Waals surface area (Å²) in [6.45, 7) is 4.38. The topological polar surface area (TPSA) is 35.5 Å². The van der Waals surface area contributed by atoms with E-state index in [0.717, 1.165) is 12.8 Å². The first-order chi connectivity index (χ1) is 6.50. The Labute approximate surface area is 85.8 Å². The molecule has 0 aromatic carbocycles. The van der Waals surface area contributed by atoms with Gasteiger partial charge < -0.3 is 9.47 Å². The summed E-state index contributed by atoms with van der Waals surface area (Å²) < 4.78 is 10.3. The van der Waals surface area contributed by atoms with Gasteiger partial charge in [-0.25, -0.2) is 0 Å². The standard InChI is InChI=1S/C11H20O3/c1-11(2)6-5-9(12)8(7-11)10(13-3)14-4/h8,10H,5-7H2,1-4H3.